The Balaban J connectivity index is 2.21. The molecule has 1 N–H and O–H groups in total. The van der Waals surface area contributed by atoms with E-state index in [0.29, 0.717) is 13.0 Å². The average molecular weight is 411 g/mol. The first-order valence-corrected chi connectivity index (χ1v) is 12.9. The Hall–Kier alpha value is -0.0800. The molecule has 2 heteroatoms. The van der Waals surface area contributed by atoms with Crippen LogP contribution in [0.4, 0.5) is 0 Å². The Bertz CT molecular complexity index is 403. The van der Waals surface area contributed by atoms with Crippen molar-refractivity contribution in [2.45, 2.75) is 143 Å². The summed E-state index contributed by atoms with van der Waals surface area (Å²) in [7, 11) is 0. The molecule has 1 saturated carbocycles. The number of hydrogen-bond acceptors (Lipinski definition) is 2. The summed E-state index contributed by atoms with van der Waals surface area (Å²) < 4.78 is 6.26. The van der Waals surface area contributed by atoms with Gasteiger partial charge in [0.15, 0.2) is 0 Å². The first-order valence-electron chi connectivity index (χ1n) is 12.9. The number of aliphatic hydroxyl groups is 1. The van der Waals surface area contributed by atoms with E-state index in [1.54, 1.807) is 0 Å². The summed E-state index contributed by atoms with van der Waals surface area (Å²) in [6, 6.07) is 0. The zero-order chi connectivity index (χ0) is 21.9. The van der Waals surface area contributed by atoms with E-state index in [9.17, 15) is 5.11 Å². The second-order valence-corrected chi connectivity index (χ2v) is 11.7. The van der Waals surface area contributed by atoms with Gasteiger partial charge in [-0.25, -0.2) is 0 Å². The fourth-order valence-electron chi connectivity index (χ4n) is 4.96. The standard InChI is InChI=1S/C27H54O2/c1-8-27(7,29-20-19-26(5,6)28)21-25-17-15-24(16-18-25)14-10-13-23(4)12-9-11-22(2)3/h22-25,28H,8-21H2,1-7H3. The van der Waals surface area contributed by atoms with Crippen molar-refractivity contribution in [3.05, 3.63) is 0 Å². The average Bonchev–Trinajstić information content (AvgIpc) is 2.62. The van der Waals surface area contributed by atoms with Crippen molar-refractivity contribution in [2.24, 2.45) is 23.7 Å². The number of hydrogen-bond donors (Lipinski definition) is 1. The quantitative estimate of drug-likeness (QED) is 0.295. The van der Waals surface area contributed by atoms with Crippen LogP contribution < -0.4 is 0 Å². The van der Waals surface area contributed by atoms with Gasteiger partial charge in [0.1, 0.15) is 0 Å². The minimum atomic E-state index is -0.626. The van der Waals surface area contributed by atoms with Crippen LogP contribution in [-0.2, 0) is 4.74 Å². The van der Waals surface area contributed by atoms with Gasteiger partial charge >= 0.3 is 0 Å². The van der Waals surface area contributed by atoms with E-state index in [-0.39, 0.29) is 5.60 Å². The molecule has 0 aromatic carbocycles. The maximum absolute atomic E-state index is 9.93. The van der Waals surface area contributed by atoms with Crippen LogP contribution in [0.1, 0.15) is 132 Å². The van der Waals surface area contributed by atoms with E-state index in [1.807, 2.05) is 13.8 Å². The second-order valence-electron chi connectivity index (χ2n) is 11.7. The summed E-state index contributed by atoms with van der Waals surface area (Å²) >= 11 is 0. The molecule has 2 unspecified atom stereocenters. The Kier molecular flexibility index (Phi) is 12.4. The van der Waals surface area contributed by atoms with Crippen molar-refractivity contribution >= 4 is 0 Å². The molecule has 0 spiro atoms. The molecule has 1 rings (SSSR count). The minimum Gasteiger partial charge on any atom is -0.390 e. The SMILES string of the molecule is CCC(C)(CC1CCC(CCCC(C)CCCC(C)C)CC1)OCCC(C)(C)O. The maximum Gasteiger partial charge on any atom is 0.0654 e. The molecule has 0 radical (unpaired) electrons. The molecular formula is C27H54O2. The maximum atomic E-state index is 9.93. The first kappa shape index (κ1) is 27.0. The normalized spacial score (nSPS) is 23.9. The number of ether oxygens (including phenoxy) is 1. The lowest BCUT2D eigenvalue weighted by molar-refractivity contribution is -0.0735. The summed E-state index contributed by atoms with van der Waals surface area (Å²) in [5.74, 6) is 3.57. The van der Waals surface area contributed by atoms with Gasteiger partial charge in [-0.3, -0.25) is 0 Å². The molecule has 0 aromatic heterocycles. The predicted molar refractivity (Wildman–Crippen MR) is 127 cm³/mol. The molecule has 0 saturated heterocycles. The van der Waals surface area contributed by atoms with E-state index in [2.05, 4.69) is 34.6 Å². The van der Waals surface area contributed by atoms with Gasteiger partial charge < -0.3 is 9.84 Å². The van der Waals surface area contributed by atoms with Crippen LogP contribution in [0.3, 0.4) is 0 Å². The third-order valence-electron chi connectivity index (χ3n) is 7.39. The van der Waals surface area contributed by atoms with Crippen LogP contribution in [0.15, 0.2) is 0 Å². The Labute approximate surface area is 183 Å². The predicted octanol–water partition coefficient (Wildman–Crippen LogP) is 8.16. The van der Waals surface area contributed by atoms with Gasteiger partial charge in [-0.15, -0.1) is 0 Å². The lowest BCUT2D eigenvalue weighted by atomic mass is 9.75. The summed E-state index contributed by atoms with van der Waals surface area (Å²) in [5.41, 5.74) is -0.646. The van der Waals surface area contributed by atoms with Crippen LogP contribution in [0.5, 0.6) is 0 Å². The molecule has 0 amide bonds. The van der Waals surface area contributed by atoms with Gasteiger partial charge in [-0.1, -0.05) is 91.9 Å². The van der Waals surface area contributed by atoms with E-state index >= 15 is 0 Å². The number of rotatable bonds is 15. The molecule has 0 aromatic rings. The molecule has 2 atom stereocenters. The largest absolute Gasteiger partial charge is 0.390 e. The highest BCUT2D eigenvalue weighted by molar-refractivity contribution is 4.82. The minimum absolute atomic E-state index is 0.0197. The van der Waals surface area contributed by atoms with Crippen LogP contribution in [-0.4, -0.2) is 22.9 Å². The van der Waals surface area contributed by atoms with Gasteiger partial charge in [-0.2, -0.15) is 0 Å². The molecule has 2 nitrogen and oxygen atoms in total. The fourth-order valence-corrected chi connectivity index (χ4v) is 4.96. The highest BCUT2D eigenvalue weighted by Crippen LogP contribution is 2.38. The first-order chi connectivity index (χ1) is 13.5. The highest BCUT2D eigenvalue weighted by Gasteiger charge is 2.30. The van der Waals surface area contributed by atoms with E-state index in [1.165, 1.54) is 70.6 Å². The van der Waals surface area contributed by atoms with Gasteiger partial charge in [0.2, 0.25) is 0 Å². The molecule has 1 fully saturated rings. The molecular weight excluding hydrogens is 356 g/mol. The van der Waals surface area contributed by atoms with Gasteiger partial charge in [0.05, 0.1) is 17.8 Å². The molecule has 1 aliphatic carbocycles. The van der Waals surface area contributed by atoms with Crippen LogP contribution in [0.2, 0.25) is 0 Å². The fraction of sp³-hybridized carbons (Fsp3) is 1.00. The van der Waals surface area contributed by atoms with E-state index < -0.39 is 5.60 Å². The molecule has 0 bridgehead atoms. The Morgan fingerprint density at radius 3 is 2.03 bits per heavy atom. The van der Waals surface area contributed by atoms with Gasteiger partial charge in [-0.05, 0) is 63.7 Å². The van der Waals surface area contributed by atoms with Crippen molar-refractivity contribution in [2.75, 3.05) is 6.61 Å². The van der Waals surface area contributed by atoms with Crippen LogP contribution >= 0.6 is 0 Å². The van der Waals surface area contributed by atoms with Crippen molar-refractivity contribution in [3.8, 4) is 0 Å². The molecule has 1 aliphatic rings. The summed E-state index contributed by atoms with van der Waals surface area (Å²) in [5, 5.41) is 9.93. The zero-order valence-corrected chi connectivity index (χ0v) is 21.1. The lowest BCUT2D eigenvalue weighted by Crippen LogP contribution is -2.34. The van der Waals surface area contributed by atoms with E-state index in [4.69, 9.17) is 4.74 Å². The van der Waals surface area contributed by atoms with Crippen molar-refractivity contribution in [1.82, 2.24) is 0 Å². The van der Waals surface area contributed by atoms with Crippen molar-refractivity contribution in [1.29, 1.82) is 0 Å². The zero-order valence-electron chi connectivity index (χ0n) is 21.1. The topological polar surface area (TPSA) is 29.5 Å². The molecule has 174 valence electrons. The van der Waals surface area contributed by atoms with Gasteiger partial charge in [0.25, 0.3) is 0 Å². The summed E-state index contributed by atoms with van der Waals surface area (Å²) in [6.45, 7) is 16.1. The van der Waals surface area contributed by atoms with Crippen LogP contribution in [0.25, 0.3) is 0 Å². The molecule has 0 aliphatic heterocycles. The Morgan fingerprint density at radius 2 is 1.48 bits per heavy atom. The smallest absolute Gasteiger partial charge is 0.0654 e. The monoisotopic (exact) mass is 410 g/mol. The second kappa shape index (κ2) is 13.4. The third kappa shape index (κ3) is 13.0. The van der Waals surface area contributed by atoms with Gasteiger partial charge in [0, 0.05) is 0 Å². The lowest BCUT2D eigenvalue weighted by Gasteiger charge is -2.37. The van der Waals surface area contributed by atoms with E-state index in [0.717, 1.165) is 30.1 Å². The molecule has 29 heavy (non-hydrogen) atoms. The summed E-state index contributed by atoms with van der Waals surface area (Å²) in [6.07, 6.45) is 17.1. The highest BCUT2D eigenvalue weighted by atomic mass is 16.5. The van der Waals surface area contributed by atoms with Crippen molar-refractivity contribution < 1.29 is 9.84 Å². The third-order valence-corrected chi connectivity index (χ3v) is 7.39. The summed E-state index contributed by atoms with van der Waals surface area (Å²) in [4.78, 5) is 0. The Morgan fingerprint density at radius 1 is 0.897 bits per heavy atom. The van der Waals surface area contributed by atoms with Crippen LogP contribution in [0, 0.1) is 23.7 Å². The van der Waals surface area contributed by atoms with Crippen molar-refractivity contribution in [3.63, 3.8) is 0 Å². The molecule has 0 heterocycles.